The summed E-state index contributed by atoms with van der Waals surface area (Å²) in [5, 5.41) is 2.72. The molecule has 0 unspecified atom stereocenters. The maximum atomic E-state index is 11.0. The molecule has 0 saturated heterocycles. The van der Waals surface area contributed by atoms with E-state index < -0.39 is 0 Å². The minimum absolute atomic E-state index is 0.0921. The molecule has 70 valence electrons. The van der Waals surface area contributed by atoms with Crippen molar-refractivity contribution in [2.45, 2.75) is 13.5 Å². The van der Waals surface area contributed by atoms with Gasteiger partial charge in [-0.05, 0) is 13.0 Å². The zero-order valence-corrected chi connectivity index (χ0v) is 7.82. The summed E-state index contributed by atoms with van der Waals surface area (Å²) in [7, 11) is 1.89. The molecule has 0 saturated carbocycles. The van der Waals surface area contributed by atoms with Crippen LogP contribution in [-0.2, 0) is 18.4 Å². The molecule has 13 heavy (non-hydrogen) atoms. The van der Waals surface area contributed by atoms with E-state index in [0.717, 1.165) is 5.82 Å². The predicted octanol–water partition coefficient (Wildman–Crippen LogP) is 0.612. The summed E-state index contributed by atoms with van der Waals surface area (Å²) in [6, 6.07) is 0. The van der Waals surface area contributed by atoms with Crippen LogP contribution in [0, 0.1) is 0 Å². The van der Waals surface area contributed by atoms with Gasteiger partial charge in [-0.1, -0.05) is 6.08 Å². The van der Waals surface area contributed by atoms with E-state index >= 15 is 0 Å². The van der Waals surface area contributed by atoms with E-state index in [9.17, 15) is 4.79 Å². The van der Waals surface area contributed by atoms with Crippen LogP contribution in [0.3, 0.4) is 0 Å². The van der Waals surface area contributed by atoms with E-state index in [1.807, 2.05) is 17.8 Å². The van der Waals surface area contributed by atoms with Crippen molar-refractivity contribution in [2.24, 2.45) is 7.05 Å². The highest BCUT2D eigenvalue weighted by Gasteiger charge is 1.99. The number of carbonyl (C=O) groups is 1. The number of nitrogens with zero attached hydrogens (tertiary/aromatic N) is 2. The van der Waals surface area contributed by atoms with E-state index in [0.29, 0.717) is 6.54 Å². The summed E-state index contributed by atoms with van der Waals surface area (Å²) in [6.07, 6.45) is 6.74. The number of allylic oxidation sites excluding steroid dienone is 1. The number of hydrogen-bond donors (Lipinski definition) is 1. The lowest BCUT2D eigenvalue weighted by atomic mass is 10.4. The molecule has 0 spiro atoms. The summed E-state index contributed by atoms with van der Waals surface area (Å²) in [4.78, 5) is 15.1. The van der Waals surface area contributed by atoms with Crippen LogP contribution in [0.4, 0.5) is 0 Å². The van der Waals surface area contributed by atoms with Crippen molar-refractivity contribution in [1.82, 2.24) is 14.9 Å². The molecule has 1 heterocycles. The molecule has 0 aromatic carbocycles. The molecule has 0 aliphatic heterocycles. The first-order valence-corrected chi connectivity index (χ1v) is 4.10. The lowest BCUT2D eigenvalue weighted by Crippen LogP contribution is -2.22. The Balaban J connectivity index is 2.44. The average molecular weight is 179 g/mol. The maximum absolute atomic E-state index is 11.0. The lowest BCUT2D eigenvalue weighted by molar-refractivity contribution is -0.116. The monoisotopic (exact) mass is 179 g/mol. The zero-order chi connectivity index (χ0) is 9.68. The summed E-state index contributed by atoms with van der Waals surface area (Å²) < 4.78 is 1.87. The van der Waals surface area contributed by atoms with Crippen LogP contribution in [0.15, 0.2) is 24.5 Å². The van der Waals surface area contributed by atoms with Gasteiger partial charge in [0.25, 0.3) is 0 Å². The summed E-state index contributed by atoms with van der Waals surface area (Å²) in [5.74, 6) is 0.753. The molecule has 0 aliphatic rings. The number of imidazole rings is 1. The minimum Gasteiger partial charge on any atom is -0.345 e. The van der Waals surface area contributed by atoms with E-state index in [-0.39, 0.29) is 5.91 Å². The third-order valence-electron chi connectivity index (χ3n) is 1.66. The molecule has 1 rings (SSSR count). The second-order valence-corrected chi connectivity index (χ2v) is 2.67. The number of carbonyl (C=O) groups excluding carboxylic acids is 1. The normalized spacial score (nSPS) is 10.6. The predicted molar refractivity (Wildman–Crippen MR) is 49.9 cm³/mol. The van der Waals surface area contributed by atoms with E-state index in [1.54, 1.807) is 19.2 Å². The van der Waals surface area contributed by atoms with Gasteiger partial charge in [-0.2, -0.15) is 0 Å². The first-order chi connectivity index (χ1) is 6.24. The van der Waals surface area contributed by atoms with Crippen LogP contribution in [0.2, 0.25) is 0 Å². The second-order valence-electron chi connectivity index (χ2n) is 2.67. The number of amides is 1. The van der Waals surface area contributed by atoms with Crippen molar-refractivity contribution < 1.29 is 4.79 Å². The Morgan fingerprint density at radius 3 is 3.08 bits per heavy atom. The van der Waals surface area contributed by atoms with E-state index in [4.69, 9.17) is 0 Å². The molecule has 1 aromatic rings. The highest BCUT2D eigenvalue weighted by molar-refractivity contribution is 5.87. The second kappa shape index (κ2) is 4.45. The van der Waals surface area contributed by atoms with Crippen molar-refractivity contribution in [3.05, 3.63) is 30.4 Å². The smallest absolute Gasteiger partial charge is 0.244 e. The SMILES string of the molecule is C/C=C/C(=O)NCc1nccn1C. The van der Waals surface area contributed by atoms with E-state index in [1.165, 1.54) is 6.08 Å². The van der Waals surface area contributed by atoms with Gasteiger partial charge in [-0.3, -0.25) is 4.79 Å². The maximum Gasteiger partial charge on any atom is 0.244 e. The van der Waals surface area contributed by atoms with Crippen molar-refractivity contribution in [2.75, 3.05) is 0 Å². The lowest BCUT2D eigenvalue weighted by Gasteiger charge is -2.01. The van der Waals surface area contributed by atoms with Crippen LogP contribution < -0.4 is 5.32 Å². The van der Waals surface area contributed by atoms with Crippen LogP contribution in [0.5, 0.6) is 0 Å². The molecule has 1 aromatic heterocycles. The number of hydrogen-bond acceptors (Lipinski definition) is 2. The molecule has 0 radical (unpaired) electrons. The Labute approximate surface area is 77.3 Å². The molecular weight excluding hydrogens is 166 g/mol. The Kier molecular flexibility index (Phi) is 3.25. The van der Waals surface area contributed by atoms with Crippen LogP contribution in [-0.4, -0.2) is 15.5 Å². The highest BCUT2D eigenvalue weighted by Crippen LogP contribution is 1.92. The van der Waals surface area contributed by atoms with Gasteiger partial charge >= 0.3 is 0 Å². The molecule has 0 atom stereocenters. The Bertz CT molecular complexity index is 314. The molecule has 4 heteroatoms. The first-order valence-electron chi connectivity index (χ1n) is 4.10. The molecule has 0 aliphatic carbocycles. The Morgan fingerprint density at radius 1 is 1.77 bits per heavy atom. The van der Waals surface area contributed by atoms with Crippen molar-refractivity contribution in [3.8, 4) is 0 Å². The fraction of sp³-hybridized carbons (Fsp3) is 0.333. The zero-order valence-electron chi connectivity index (χ0n) is 7.82. The van der Waals surface area contributed by atoms with Crippen molar-refractivity contribution >= 4 is 5.91 Å². The van der Waals surface area contributed by atoms with Crippen molar-refractivity contribution in [3.63, 3.8) is 0 Å². The first kappa shape index (κ1) is 9.51. The highest BCUT2D eigenvalue weighted by atomic mass is 16.1. The molecular formula is C9H13N3O. The fourth-order valence-corrected chi connectivity index (χ4v) is 0.943. The van der Waals surface area contributed by atoms with Gasteiger partial charge in [-0.15, -0.1) is 0 Å². The standard InChI is InChI=1S/C9H13N3O/c1-3-4-9(13)11-7-8-10-5-6-12(8)2/h3-6H,7H2,1-2H3,(H,11,13)/b4-3+. The average Bonchev–Trinajstić information content (AvgIpc) is 2.48. The van der Waals surface area contributed by atoms with Crippen LogP contribution >= 0.6 is 0 Å². The molecule has 4 nitrogen and oxygen atoms in total. The van der Waals surface area contributed by atoms with Gasteiger partial charge in [0.15, 0.2) is 0 Å². The van der Waals surface area contributed by atoms with Crippen LogP contribution in [0.25, 0.3) is 0 Å². The largest absolute Gasteiger partial charge is 0.345 e. The third-order valence-corrected chi connectivity index (χ3v) is 1.66. The van der Waals surface area contributed by atoms with E-state index in [2.05, 4.69) is 10.3 Å². The van der Waals surface area contributed by atoms with Gasteiger partial charge in [0.1, 0.15) is 5.82 Å². The summed E-state index contributed by atoms with van der Waals surface area (Å²) >= 11 is 0. The summed E-state index contributed by atoms with van der Waals surface area (Å²) in [6.45, 7) is 2.27. The number of aromatic nitrogens is 2. The van der Waals surface area contributed by atoms with Crippen LogP contribution in [0.1, 0.15) is 12.7 Å². The third kappa shape index (κ3) is 2.74. The van der Waals surface area contributed by atoms with Gasteiger partial charge in [-0.25, -0.2) is 4.98 Å². The number of rotatable bonds is 3. The topological polar surface area (TPSA) is 46.9 Å². The van der Waals surface area contributed by atoms with Gasteiger partial charge < -0.3 is 9.88 Å². The Hall–Kier alpha value is -1.58. The quantitative estimate of drug-likeness (QED) is 0.691. The minimum atomic E-state index is -0.0921. The molecule has 1 N–H and O–H groups in total. The molecule has 0 bridgehead atoms. The molecule has 0 fully saturated rings. The number of aryl methyl sites for hydroxylation is 1. The van der Waals surface area contributed by atoms with Gasteiger partial charge in [0.05, 0.1) is 6.54 Å². The van der Waals surface area contributed by atoms with Gasteiger partial charge in [0.2, 0.25) is 5.91 Å². The van der Waals surface area contributed by atoms with Crippen molar-refractivity contribution in [1.29, 1.82) is 0 Å². The van der Waals surface area contributed by atoms with Gasteiger partial charge in [0, 0.05) is 19.4 Å². The fourth-order valence-electron chi connectivity index (χ4n) is 0.943. The number of nitrogens with one attached hydrogen (secondary N) is 1. The Morgan fingerprint density at radius 2 is 2.54 bits per heavy atom. The molecule has 1 amide bonds. The summed E-state index contributed by atoms with van der Waals surface area (Å²) in [5.41, 5.74) is 0.